The summed E-state index contributed by atoms with van der Waals surface area (Å²) in [5, 5.41) is 8.95. The molecular formula is C13H18ClN5O. The Morgan fingerprint density at radius 2 is 2.25 bits per heavy atom. The van der Waals surface area contributed by atoms with Gasteiger partial charge in [0.25, 0.3) is 0 Å². The maximum absolute atomic E-state index is 12.2. The average Bonchev–Trinajstić information content (AvgIpc) is 2.97. The summed E-state index contributed by atoms with van der Waals surface area (Å²) in [6.45, 7) is 5.27. The summed E-state index contributed by atoms with van der Waals surface area (Å²) in [5.41, 5.74) is 1.74. The first kappa shape index (κ1) is 14.6. The number of carbonyl (C=O) groups excluding carboxylic acids is 1. The first-order chi connectivity index (χ1) is 9.51. The van der Waals surface area contributed by atoms with E-state index in [2.05, 4.69) is 10.2 Å². The van der Waals surface area contributed by atoms with Gasteiger partial charge in [0.15, 0.2) is 0 Å². The minimum atomic E-state index is -0.0204. The molecule has 0 unspecified atom stereocenters. The van der Waals surface area contributed by atoms with Gasteiger partial charge in [0.1, 0.15) is 6.54 Å². The van der Waals surface area contributed by atoms with E-state index in [1.54, 1.807) is 33.7 Å². The van der Waals surface area contributed by atoms with Gasteiger partial charge in [-0.25, -0.2) is 0 Å². The highest BCUT2D eigenvalue weighted by Gasteiger charge is 2.15. The van der Waals surface area contributed by atoms with Crippen molar-refractivity contribution in [2.75, 3.05) is 7.05 Å². The van der Waals surface area contributed by atoms with E-state index >= 15 is 0 Å². The van der Waals surface area contributed by atoms with Gasteiger partial charge in [-0.2, -0.15) is 10.2 Å². The molecule has 0 radical (unpaired) electrons. The highest BCUT2D eigenvalue weighted by atomic mass is 35.5. The van der Waals surface area contributed by atoms with Crippen molar-refractivity contribution in [1.29, 1.82) is 0 Å². The molecule has 2 aromatic rings. The zero-order valence-corrected chi connectivity index (χ0v) is 12.6. The number of rotatable bonds is 5. The Kier molecular flexibility index (Phi) is 4.44. The smallest absolute Gasteiger partial charge is 0.244 e. The molecule has 0 aliphatic carbocycles. The largest absolute Gasteiger partial charge is 0.338 e. The van der Waals surface area contributed by atoms with Crippen molar-refractivity contribution < 1.29 is 4.79 Å². The van der Waals surface area contributed by atoms with Gasteiger partial charge in [-0.15, -0.1) is 0 Å². The van der Waals surface area contributed by atoms with Crippen molar-refractivity contribution in [3.8, 4) is 0 Å². The molecule has 0 saturated heterocycles. The van der Waals surface area contributed by atoms with Gasteiger partial charge in [0.2, 0.25) is 5.91 Å². The van der Waals surface area contributed by atoms with Gasteiger partial charge in [0, 0.05) is 19.8 Å². The van der Waals surface area contributed by atoms with Crippen LogP contribution in [0.3, 0.4) is 0 Å². The van der Waals surface area contributed by atoms with E-state index in [4.69, 9.17) is 11.6 Å². The summed E-state index contributed by atoms with van der Waals surface area (Å²) in [4.78, 5) is 13.8. The summed E-state index contributed by atoms with van der Waals surface area (Å²) in [5.74, 6) is -0.0204. The van der Waals surface area contributed by atoms with Crippen molar-refractivity contribution >= 4 is 17.5 Å². The first-order valence-corrected chi connectivity index (χ1v) is 6.83. The van der Waals surface area contributed by atoms with Crippen molar-refractivity contribution in [3.05, 3.63) is 34.9 Å². The van der Waals surface area contributed by atoms with Gasteiger partial charge in [-0.1, -0.05) is 11.6 Å². The highest BCUT2D eigenvalue weighted by molar-refractivity contribution is 6.31. The van der Waals surface area contributed by atoms with Crippen molar-refractivity contribution in [1.82, 2.24) is 24.5 Å². The maximum Gasteiger partial charge on any atom is 0.244 e. The molecule has 20 heavy (non-hydrogen) atoms. The third-order valence-electron chi connectivity index (χ3n) is 3.08. The van der Waals surface area contributed by atoms with E-state index in [9.17, 15) is 4.79 Å². The Hall–Kier alpha value is -1.82. The van der Waals surface area contributed by atoms with Crippen LogP contribution in [0.15, 0.2) is 18.5 Å². The maximum atomic E-state index is 12.2. The zero-order valence-electron chi connectivity index (χ0n) is 11.9. The molecule has 108 valence electrons. The zero-order chi connectivity index (χ0) is 14.7. The number of carbonyl (C=O) groups is 1. The second-order valence-electron chi connectivity index (χ2n) is 4.66. The van der Waals surface area contributed by atoms with Gasteiger partial charge in [-0.3, -0.25) is 14.2 Å². The summed E-state index contributed by atoms with van der Waals surface area (Å²) in [7, 11) is 1.75. The fourth-order valence-corrected chi connectivity index (χ4v) is 2.14. The first-order valence-electron chi connectivity index (χ1n) is 6.45. The lowest BCUT2D eigenvalue weighted by Gasteiger charge is -2.18. The number of aryl methyl sites for hydroxylation is 2. The monoisotopic (exact) mass is 295 g/mol. The van der Waals surface area contributed by atoms with Crippen molar-refractivity contribution in [2.24, 2.45) is 0 Å². The fraction of sp³-hybridized carbons (Fsp3) is 0.462. The average molecular weight is 296 g/mol. The lowest BCUT2D eigenvalue weighted by Crippen LogP contribution is -2.31. The Morgan fingerprint density at radius 3 is 2.85 bits per heavy atom. The number of likely N-dealkylation sites (N-methyl/N-ethyl adjacent to an activating group) is 1. The standard InChI is InChI=1S/C13H18ClN5O/c1-4-19-12(11(14)7-15-19)8-17(3)13(20)9-18-6-5-10(2)16-18/h5-7H,4,8-9H2,1-3H3. The van der Waals surface area contributed by atoms with Crippen molar-refractivity contribution in [3.63, 3.8) is 0 Å². The second-order valence-corrected chi connectivity index (χ2v) is 5.07. The quantitative estimate of drug-likeness (QED) is 0.844. The minimum absolute atomic E-state index is 0.0204. The van der Waals surface area contributed by atoms with Gasteiger partial charge in [0.05, 0.1) is 29.2 Å². The molecule has 0 N–H and O–H groups in total. The van der Waals surface area contributed by atoms with Crippen LogP contribution in [0.4, 0.5) is 0 Å². The van der Waals surface area contributed by atoms with Crippen LogP contribution in [0.25, 0.3) is 0 Å². The Labute approximate surface area is 122 Å². The van der Waals surface area contributed by atoms with E-state index in [0.29, 0.717) is 11.6 Å². The molecule has 1 amide bonds. The van der Waals surface area contributed by atoms with Crippen molar-refractivity contribution in [2.45, 2.75) is 33.5 Å². The third-order valence-corrected chi connectivity index (χ3v) is 3.40. The molecule has 2 rings (SSSR count). The van der Waals surface area contributed by atoms with Gasteiger partial charge in [-0.05, 0) is 19.9 Å². The van der Waals surface area contributed by atoms with E-state index in [0.717, 1.165) is 17.9 Å². The van der Waals surface area contributed by atoms with Crippen LogP contribution < -0.4 is 0 Å². The molecule has 6 nitrogen and oxygen atoms in total. The van der Waals surface area contributed by atoms with E-state index in [1.165, 1.54) is 0 Å². The molecule has 0 saturated carbocycles. The van der Waals surface area contributed by atoms with Crippen LogP contribution in [0, 0.1) is 6.92 Å². The molecule has 0 atom stereocenters. The number of nitrogens with zero attached hydrogens (tertiary/aromatic N) is 5. The Morgan fingerprint density at radius 1 is 1.50 bits per heavy atom. The van der Waals surface area contributed by atoms with Crippen LogP contribution in [-0.4, -0.2) is 37.4 Å². The number of halogens is 1. The Bertz CT molecular complexity index is 604. The molecule has 0 spiro atoms. The lowest BCUT2D eigenvalue weighted by molar-refractivity contribution is -0.131. The number of aromatic nitrogens is 4. The van der Waals surface area contributed by atoms with E-state index < -0.39 is 0 Å². The summed E-state index contributed by atoms with van der Waals surface area (Å²) in [6, 6.07) is 1.87. The molecule has 2 aromatic heterocycles. The highest BCUT2D eigenvalue weighted by Crippen LogP contribution is 2.16. The molecule has 0 aromatic carbocycles. The summed E-state index contributed by atoms with van der Waals surface area (Å²) >= 11 is 6.10. The Balaban J connectivity index is 2.02. The number of amides is 1. The molecule has 2 heterocycles. The lowest BCUT2D eigenvalue weighted by atomic mass is 10.3. The minimum Gasteiger partial charge on any atom is -0.338 e. The SMILES string of the molecule is CCn1ncc(Cl)c1CN(C)C(=O)Cn1ccc(C)n1. The number of hydrogen-bond donors (Lipinski definition) is 0. The molecule has 0 aliphatic heterocycles. The van der Waals surface area contributed by atoms with Crippen LogP contribution in [-0.2, 0) is 24.4 Å². The fourth-order valence-electron chi connectivity index (χ4n) is 1.94. The van der Waals surface area contributed by atoms with Crippen LogP contribution in [0.2, 0.25) is 5.02 Å². The molecule has 0 aliphatic rings. The molecule has 7 heteroatoms. The molecular weight excluding hydrogens is 278 g/mol. The second kappa shape index (κ2) is 6.09. The molecule has 0 fully saturated rings. The molecule has 0 bridgehead atoms. The third kappa shape index (κ3) is 3.19. The van der Waals surface area contributed by atoms with Crippen LogP contribution >= 0.6 is 11.6 Å². The normalized spacial score (nSPS) is 10.8. The van der Waals surface area contributed by atoms with Crippen LogP contribution in [0.1, 0.15) is 18.3 Å². The predicted octanol–water partition coefficient (Wildman–Crippen LogP) is 1.72. The summed E-state index contributed by atoms with van der Waals surface area (Å²) in [6.07, 6.45) is 3.40. The number of hydrogen-bond acceptors (Lipinski definition) is 3. The topological polar surface area (TPSA) is 56.0 Å². The van der Waals surface area contributed by atoms with Crippen LogP contribution in [0.5, 0.6) is 0 Å². The van der Waals surface area contributed by atoms with E-state index in [-0.39, 0.29) is 12.5 Å². The van der Waals surface area contributed by atoms with Gasteiger partial charge >= 0.3 is 0 Å². The summed E-state index contributed by atoms with van der Waals surface area (Å²) < 4.78 is 3.43. The van der Waals surface area contributed by atoms with E-state index in [1.807, 2.05) is 19.9 Å². The van der Waals surface area contributed by atoms with Gasteiger partial charge < -0.3 is 4.90 Å². The predicted molar refractivity (Wildman–Crippen MR) is 76.3 cm³/mol.